The summed E-state index contributed by atoms with van der Waals surface area (Å²) in [6.45, 7) is 2.31. The van der Waals surface area contributed by atoms with Crippen LogP contribution in [0, 0.1) is 5.92 Å². The molecular formula is C13H17N3. The number of allylic oxidation sites excluding steroid dienone is 2. The number of nitrogens with zero attached hydrogens (tertiary/aromatic N) is 2. The lowest BCUT2D eigenvalue weighted by Crippen LogP contribution is -2.47. The van der Waals surface area contributed by atoms with Gasteiger partial charge in [-0.15, -0.1) is 0 Å². The van der Waals surface area contributed by atoms with E-state index in [-0.39, 0.29) is 5.54 Å². The molecule has 4 rings (SSSR count). The highest BCUT2D eigenvalue weighted by atomic mass is 15.3. The minimum absolute atomic E-state index is 0.288. The second-order valence-corrected chi connectivity index (χ2v) is 5.30. The third-order valence-electron chi connectivity index (χ3n) is 4.51. The van der Waals surface area contributed by atoms with Crippen molar-refractivity contribution in [3.8, 4) is 0 Å². The van der Waals surface area contributed by atoms with Crippen LogP contribution in [0.3, 0.4) is 0 Å². The molecule has 2 atom stereocenters. The lowest BCUT2D eigenvalue weighted by atomic mass is 9.98. The molecule has 1 spiro atoms. The summed E-state index contributed by atoms with van der Waals surface area (Å²) in [6.07, 6.45) is 12.6. The van der Waals surface area contributed by atoms with Crippen LogP contribution in [0.5, 0.6) is 0 Å². The summed E-state index contributed by atoms with van der Waals surface area (Å²) in [5.41, 5.74) is 1.59. The van der Waals surface area contributed by atoms with E-state index in [2.05, 4.69) is 39.8 Å². The Labute approximate surface area is 95.9 Å². The fourth-order valence-corrected chi connectivity index (χ4v) is 3.54. The van der Waals surface area contributed by atoms with Crippen molar-refractivity contribution in [2.45, 2.75) is 30.8 Å². The van der Waals surface area contributed by atoms with E-state index in [0.717, 1.165) is 19.0 Å². The maximum atomic E-state index is 4.62. The van der Waals surface area contributed by atoms with Crippen molar-refractivity contribution in [1.29, 1.82) is 0 Å². The Morgan fingerprint density at radius 1 is 1.38 bits per heavy atom. The van der Waals surface area contributed by atoms with Crippen LogP contribution >= 0.6 is 0 Å². The molecule has 3 heteroatoms. The standard InChI is InChI=1S/C13H17N3/c1-2-10-8-13(10)12(3-1)15-9-16(13)11-4-6-14-7-5-11/h1-3,9-11,14H,4-8H2. The van der Waals surface area contributed by atoms with Gasteiger partial charge in [-0.3, -0.25) is 0 Å². The third-order valence-corrected chi connectivity index (χ3v) is 4.51. The molecule has 0 amide bonds. The van der Waals surface area contributed by atoms with Crippen molar-refractivity contribution in [1.82, 2.24) is 10.2 Å². The molecule has 0 bridgehead atoms. The van der Waals surface area contributed by atoms with Crippen molar-refractivity contribution < 1.29 is 0 Å². The van der Waals surface area contributed by atoms with Gasteiger partial charge in [0.1, 0.15) is 0 Å². The molecule has 16 heavy (non-hydrogen) atoms. The Hall–Kier alpha value is -1.09. The second kappa shape index (κ2) is 2.98. The first-order valence-electron chi connectivity index (χ1n) is 6.33. The number of nitrogens with one attached hydrogen (secondary N) is 1. The highest BCUT2D eigenvalue weighted by Crippen LogP contribution is 2.59. The van der Waals surface area contributed by atoms with Gasteiger partial charge < -0.3 is 10.2 Å². The summed E-state index contributed by atoms with van der Waals surface area (Å²) < 4.78 is 0. The second-order valence-electron chi connectivity index (χ2n) is 5.30. The zero-order valence-electron chi connectivity index (χ0n) is 9.39. The van der Waals surface area contributed by atoms with Gasteiger partial charge >= 0.3 is 0 Å². The van der Waals surface area contributed by atoms with Gasteiger partial charge in [0.05, 0.1) is 17.6 Å². The summed E-state index contributed by atoms with van der Waals surface area (Å²) >= 11 is 0. The van der Waals surface area contributed by atoms with Crippen LogP contribution in [-0.2, 0) is 0 Å². The topological polar surface area (TPSA) is 27.6 Å². The summed E-state index contributed by atoms with van der Waals surface area (Å²) in [6, 6.07) is 0.701. The molecule has 0 radical (unpaired) electrons. The molecule has 2 aliphatic carbocycles. The van der Waals surface area contributed by atoms with Crippen LogP contribution in [0.15, 0.2) is 28.9 Å². The van der Waals surface area contributed by atoms with E-state index in [1.807, 2.05) is 0 Å². The lowest BCUT2D eigenvalue weighted by molar-refractivity contribution is 0.212. The first-order valence-corrected chi connectivity index (χ1v) is 6.33. The highest BCUT2D eigenvalue weighted by Gasteiger charge is 2.63. The van der Waals surface area contributed by atoms with Gasteiger partial charge in [0.15, 0.2) is 0 Å². The van der Waals surface area contributed by atoms with E-state index in [0.29, 0.717) is 6.04 Å². The fourth-order valence-electron chi connectivity index (χ4n) is 3.54. The van der Waals surface area contributed by atoms with E-state index < -0.39 is 0 Å². The molecule has 2 unspecified atom stereocenters. The molecule has 84 valence electrons. The van der Waals surface area contributed by atoms with Crippen molar-refractivity contribution in [3.63, 3.8) is 0 Å². The van der Waals surface area contributed by atoms with E-state index in [9.17, 15) is 0 Å². The van der Waals surface area contributed by atoms with Crippen LogP contribution in [0.2, 0.25) is 0 Å². The summed E-state index contributed by atoms with van der Waals surface area (Å²) in [7, 11) is 0. The van der Waals surface area contributed by atoms with Gasteiger partial charge in [-0.1, -0.05) is 12.2 Å². The van der Waals surface area contributed by atoms with Gasteiger partial charge in [0.2, 0.25) is 0 Å². The number of hydrogen-bond acceptors (Lipinski definition) is 3. The monoisotopic (exact) mass is 215 g/mol. The zero-order chi connectivity index (χ0) is 10.6. The Kier molecular flexibility index (Phi) is 1.67. The molecule has 2 heterocycles. The Morgan fingerprint density at radius 3 is 3.12 bits per heavy atom. The molecule has 0 aromatic carbocycles. The van der Waals surface area contributed by atoms with Crippen LogP contribution in [0.4, 0.5) is 0 Å². The predicted molar refractivity (Wildman–Crippen MR) is 64.3 cm³/mol. The summed E-state index contributed by atoms with van der Waals surface area (Å²) in [4.78, 5) is 7.18. The molecular weight excluding hydrogens is 198 g/mol. The molecule has 1 N–H and O–H groups in total. The number of rotatable bonds is 1. The number of hydrogen-bond donors (Lipinski definition) is 1. The van der Waals surface area contributed by atoms with E-state index in [1.54, 1.807) is 0 Å². The molecule has 2 aliphatic heterocycles. The van der Waals surface area contributed by atoms with E-state index in [1.165, 1.54) is 25.0 Å². The van der Waals surface area contributed by atoms with Crippen molar-refractivity contribution in [2.24, 2.45) is 10.9 Å². The van der Waals surface area contributed by atoms with Gasteiger partial charge in [-0.25, -0.2) is 4.99 Å². The molecule has 2 fully saturated rings. The normalized spacial score (nSPS) is 40.6. The molecule has 0 aromatic heterocycles. The maximum Gasteiger partial charge on any atom is 0.0919 e. The molecule has 3 nitrogen and oxygen atoms in total. The smallest absolute Gasteiger partial charge is 0.0919 e. The van der Waals surface area contributed by atoms with E-state index >= 15 is 0 Å². The highest BCUT2D eigenvalue weighted by molar-refractivity contribution is 5.69. The van der Waals surface area contributed by atoms with Gasteiger partial charge in [0.25, 0.3) is 0 Å². The Morgan fingerprint density at radius 2 is 2.25 bits per heavy atom. The molecule has 1 saturated carbocycles. The summed E-state index contributed by atoms with van der Waals surface area (Å²) in [5, 5.41) is 3.44. The number of piperidine rings is 1. The lowest BCUT2D eigenvalue weighted by Gasteiger charge is -2.37. The fraction of sp³-hybridized carbons (Fsp3) is 0.615. The average molecular weight is 215 g/mol. The van der Waals surface area contributed by atoms with Crippen LogP contribution in [0.25, 0.3) is 0 Å². The summed E-state index contributed by atoms with van der Waals surface area (Å²) in [5.74, 6) is 0.727. The predicted octanol–water partition coefficient (Wildman–Crippen LogP) is 1.29. The quantitative estimate of drug-likeness (QED) is 0.714. The van der Waals surface area contributed by atoms with Crippen LogP contribution in [0.1, 0.15) is 19.3 Å². The van der Waals surface area contributed by atoms with Crippen molar-refractivity contribution >= 4 is 6.34 Å². The number of aliphatic imine (C=N–C) groups is 1. The van der Waals surface area contributed by atoms with Crippen LogP contribution in [-0.4, -0.2) is 35.9 Å². The zero-order valence-corrected chi connectivity index (χ0v) is 9.39. The average Bonchev–Trinajstić information content (AvgIpc) is 2.96. The molecule has 0 aromatic rings. The first-order chi connectivity index (χ1) is 7.91. The first kappa shape index (κ1) is 8.99. The van der Waals surface area contributed by atoms with E-state index in [4.69, 9.17) is 0 Å². The largest absolute Gasteiger partial charge is 0.348 e. The Bertz CT molecular complexity index is 403. The van der Waals surface area contributed by atoms with Crippen molar-refractivity contribution in [3.05, 3.63) is 23.9 Å². The molecule has 1 saturated heterocycles. The van der Waals surface area contributed by atoms with Gasteiger partial charge in [-0.05, 0) is 38.4 Å². The third kappa shape index (κ3) is 0.995. The SMILES string of the molecule is C1=CC2CC23C(=C1)N=CN3C1CCNCC1. The van der Waals surface area contributed by atoms with Gasteiger partial charge in [0, 0.05) is 12.0 Å². The Balaban J connectivity index is 1.65. The minimum Gasteiger partial charge on any atom is -0.348 e. The minimum atomic E-state index is 0.288. The van der Waals surface area contributed by atoms with Gasteiger partial charge in [-0.2, -0.15) is 0 Å². The molecule has 4 aliphatic rings. The van der Waals surface area contributed by atoms with Crippen LogP contribution < -0.4 is 5.32 Å². The van der Waals surface area contributed by atoms with Crippen molar-refractivity contribution in [2.75, 3.05) is 13.1 Å². The maximum absolute atomic E-state index is 4.62.